The number of H-pyrrole nitrogens is 1. The Morgan fingerprint density at radius 1 is 1.13 bits per heavy atom. The summed E-state index contributed by atoms with van der Waals surface area (Å²) in [6.45, 7) is 12.9. The summed E-state index contributed by atoms with van der Waals surface area (Å²) < 4.78 is 11.4. The lowest BCUT2D eigenvalue weighted by molar-refractivity contribution is -0.130. The number of aromatic nitrogens is 1. The highest BCUT2D eigenvalue weighted by molar-refractivity contribution is 6.17. The molecule has 0 bridgehead atoms. The number of carbonyl (C=O) groups is 2. The van der Waals surface area contributed by atoms with Gasteiger partial charge in [-0.25, -0.2) is 4.79 Å². The summed E-state index contributed by atoms with van der Waals surface area (Å²) in [4.78, 5) is 34.0. The fourth-order valence-electron chi connectivity index (χ4n) is 6.28. The van der Waals surface area contributed by atoms with Gasteiger partial charge in [-0.1, -0.05) is 52.0 Å². The quantitative estimate of drug-likeness (QED) is 0.456. The first kappa shape index (κ1) is 27.0. The largest absolute Gasteiger partial charge is 0.492 e. The van der Waals surface area contributed by atoms with E-state index in [1.165, 1.54) is 6.20 Å². The molecule has 2 aliphatic heterocycles. The lowest BCUT2D eigenvalue weighted by Crippen LogP contribution is -2.50. The van der Waals surface area contributed by atoms with Gasteiger partial charge in [0, 0.05) is 53.8 Å². The number of para-hydroxylation sites is 1. The molecule has 2 N–H and O–H groups in total. The van der Waals surface area contributed by atoms with Crippen molar-refractivity contribution in [1.29, 1.82) is 0 Å². The molecule has 0 saturated carbocycles. The molecule has 39 heavy (non-hydrogen) atoms. The Kier molecular flexibility index (Phi) is 7.51. The average Bonchev–Trinajstić information content (AvgIpc) is 3.26. The van der Waals surface area contributed by atoms with Crippen LogP contribution in [0.25, 0.3) is 16.5 Å². The fourth-order valence-corrected chi connectivity index (χ4v) is 6.28. The number of nitrogens with one attached hydrogen (secondary N) is 1. The summed E-state index contributed by atoms with van der Waals surface area (Å²) >= 11 is 0. The number of fused-ring (bicyclic) bond motifs is 3. The number of carboxylic acids is 1. The molecule has 2 aromatic carbocycles. The highest BCUT2D eigenvalue weighted by atomic mass is 16.5. The molecule has 1 saturated heterocycles. The Labute approximate surface area is 229 Å². The van der Waals surface area contributed by atoms with Gasteiger partial charge in [0.25, 0.3) is 5.91 Å². The number of aliphatic carboxylic acids is 1. The Balaban J connectivity index is 1.50. The molecule has 5 rings (SSSR count). The van der Waals surface area contributed by atoms with Gasteiger partial charge >= 0.3 is 5.97 Å². The third kappa shape index (κ3) is 5.18. The van der Waals surface area contributed by atoms with Gasteiger partial charge in [0.2, 0.25) is 0 Å². The topological polar surface area (TPSA) is 95.1 Å². The molecule has 1 aromatic heterocycles. The number of hydrogen-bond donors (Lipinski definition) is 2. The zero-order valence-electron chi connectivity index (χ0n) is 23.1. The summed E-state index contributed by atoms with van der Waals surface area (Å²) in [5.41, 5.74) is 2.32. The molecule has 0 spiro atoms. The van der Waals surface area contributed by atoms with Crippen LogP contribution in [0.15, 0.2) is 54.7 Å². The van der Waals surface area contributed by atoms with Crippen molar-refractivity contribution in [3.05, 3.63) is 71.6 Å². The minimum atomic E-state index is -1.08. The van der Waals surface area contributed by atoms with Crippen molar-refractivity contribution < 1.29 is 24.2 Å². The van der Waals surface area contributed by atoms with Crippen LogP contribution in [0.5, 0.6) is 5.75 Å². The number of aromatic amines is 1. The SMILES string of the molecule is CC(C)C1N(C(=O)c2cccc(OCCN3CCOCC3)c2)C=C(C(=O)O)c2[nH]c3ccccc3c2C1(C)C. The normalized spacial score (nSPS) is 19.5. The average molecular weight is 532 g/mol. The van der Waals surface area contributed by atoms with Crippen LogP contribution in [0.3, 0.4) is 0 Å². The van der Waals surface area contributed by atoms with Crippen LogP contribution in [0.4, 0.5) is 0 Å². The van der Waals surface area contributed by atoms with Crippen LogP contribution in [0, 0.1) is 5.92 Å². The van der Waals surface area contributed by atoms with Gasteiger partial charge in [-0.3, -0.25) is 9.69 Å². The Morgan fingerprint density at radius 3 is 2.59 bits per heavy atom. The molecular formula is C31H37N3O5. The van der Waals surface area contributed by atoms with Gasteiger partial charge in [0.05, 0.1) is 24.5 Å². The van der Waals surface area contributed by atoms with Crippen molar-refractivity contribution in [2.75, 3.05) is 39.5 Å². The molecule has 3 heterocycles. The summed E-state index contributed by atoms with van der Waals surface area (Å²) in [6.07, 6.45) is 1.52. The molecule has 8 heteroatoms. The first-order valence-electron chi connectivity index (χ1n) is 13.6. The van der Waals surface area contributed by atoms with E-state index >= 15 is 0 Å². The molecule has 3 aromatic rings. The molecule has 1 fully saturated rings. The number of nitrogens with zero attached hydrogens (tertiary/aromatic N) is 2. The van der Waals surface area contributed by atoms with Gasteiger partial charge in [-0.05, 0) is 35.7 Å². The van der Waals surface area contributed by atoms with Crippen molar-refractivity contribution in [1.82, 2.24) is 14.8 Å². The van der Waals surface area contributed by atoms with E-state index in [0.29, 0.717) is 23.6 Å². The van der Waals surface area contributed by atoms with E-state index in [9.17, 15) is 14.7 Å². The lowest BCUT2D eigenvalue weighted by atomic mass is 9.71. The second kappa shape index (κ2) is 10.9. The van der Waals surface area contributed by atoms with Crippen LogP contribution in [-0.4, -0.2) is 77.3 Å². The Morgan fingerprint density at radius 2 is 1.87 bits per heavy atom. The second-order valence-corrected chi connectivity index (χ2v) is 11.2. The minimum Gasteiger partial charge on any atom is -0.492 e. The number of rotatable bonds is 7. The van der Waals surface area contributed by atoms with Gasteiger partial charge in [0.1, 0.15) is 12.4 Å². The molecule has 8 nitrogen and oxygen atoms in total. The predicted molar refractivity (Wildman–Crippen MR) is 151 cm³/mol. The van der Waals surface area contributed by atoms with Gasteiger partial charge < -0.3 is 24.5 Å². The molecule has 0 radical (unpaired) electrons. The standard InChI is InChI=1S/C31H37N3O5/c1-20(2)28-31(3,4)26-23-10-5-6-11-25(23)32-27(26)24(30(36)37)19-34(28)29(35)21-8-7-9-22(18-21)39-17-14-33-12-15-38-16-13-33/h5-11,18-20,28,32H,12-17H2,1-4H3,(H,36,37). The van der Waals surface area contributed by atoms with Crippen molar-refractivity contribution in [3.63, 3.8) is 0 Å². The zero-order chi connectivity index (χ0) is 27.7. The summed E-state index contributed by atoms with van der Waals surface area (Å²) in [6, 6.07) is 14.7. The van der Waals surface area contributed by atoms with Crippen LogP contribution in [0.2, 0.25) is 0 Å². The first-order valence-corrected chi connectivity index (χ1v) is 13.6. The molecule has 206 valence electrons. The molecule has 1 unspecified atom stereocenters. The van der Waals surface area contributed by atoms with E-state index in [2.05, 4.69) is 37.6 Å². The van der Waals surface area contributed by atoms with E-state index in [4.69, 9.17) is 9.47 Å². The van der Waals surface area contributed by atoms with E-state index in [1.807, 2.05) is 36.4 Å². The number of morpholine rings is 1. The number of carboxylic acid groups (broad SMARTS) is 1. The number of ether oxygens (including phenoxy) is 2. The number of benzene rings is 2. The Hall–Kier alpha value is -3.62. The summed E-state index contributed by atoms with van der Waals surface area (Å²) in [5.74, 6) is -0.680. The molecule has 1 atom stereocenters. The van der Waals surface area contributed by atoms with Crippen molar-refractivity contribution >= 4 is 28.4 Å². The van der Waals surface area contributed by atoms with Crippen molar-refractivity contribution in [2.45, 2.75) is 39.2 Å². The highest BCUT2D eigenvalue weighted by Crippen LogP contribution is 2.45. The van der Waals surface area contributed by atoms with E-state index in [-0.39, 0.29) is 23.4 Å². The van der Waals surface area contributed by atoms with Crippen LogP contribution < -0.4 is 4.74 Å². The lowest BCUT2D eigenvalue weighted by Gasteiger charge is -2.42. The molecular weight excluding hydrogens is 494 g/mol. The maximum absolute atomic E-state index is 14.1. The number of amides is 1. The fraction of sp³-hybridized carbons (Fsp3) is 0.419. The predicted octanol–water partition coefficient (Wildman–Crippen LogP) is 4.76. The molecule has 2 aliphatic rings. The third-order valence-corrected chi connectivity index (χ3v) is 7.88. The van der Waals surface area contributed by atoms with Crippen LogP contribution >= 0.6 is 0 Å². The number of hydrogen-bond acceptors (Lipinski definition) is 5. The monoisotopic (exact) mass is 531 g/mol. The minimum absolute atomic E-state index is 0.0443. The molecule has 1 amide bonds. The van der Waals surface area contributed by atoms with E-state index < -0.39 is 11.4 Å². The summed E-state index contributed by atoms with van der Waals surface area (Å²) in [5, 5.41) is 11.3. The van der Waals surface area contributed by atoms with Crippen LogP contribution in [-0.2, 0) is 14.9 Å². The van der Waals surface area contributed by atoms with Gasteiger partial charge in [-0.2, -0.15) is 0 Å². The Bertz CT molecular complexity index is 1400. The second-order valence-electron chi connectivity index (χ2n) is 11.2. The van der Waals surface area contributed by atoms with Crippen molar-refractivity contribution in [2.24, 2.45) is 5.92 Å². The smallest absolute Gasteiger partial charge is 0.339 e. The molecule has 0 aliphatic carbocycles. The summed E-state index contributed by atoms with van der Waals surface area (Å²) in [7, 11) is 0. The van der Waals surface area contributed by atoms with Crippen LogP contribution in [0.1, 0.15) is 49.3 Å². The van der Waals surface area contributed by atoms with E-state index in [0.717, 1.165) is 49.3 Å². The van der Waals surface area contributed by atoms with Gasteiger partial charge in [-0.15, -0.1) is 0 Å². The zero-order valence-corrected chi connectivity index (χ0v) is 23.1. The first-order chi connectivity index (χ1) is 18.7. The third-order valence-electron chi connectivity index (χ3n) is 7.88. The highest BCUT2D eigenvalue weighted by Gasteiger charge is 2.45. The maximum atomic E-state index is 14.1. The number of carbonyl (C=O) groups excluding carboxylic acids is 1. The van der Waals surface area contributed by atoms with Gasteiger partial charge in [0.15, 0.2) is 0 Å². The van der Waals surface area contributed by atoms with E-state index in [1.54, 1.807) is 17.0 Å². The van der Waals surface area contributed by atoms with Crippen molar-refractivity contribution in [3.8, 4) is 5.75 Å². The maximum Gasteiger partial charge on any atom is 0.339 e.